The lowest BCUT2D eigenvalue weighted by Gasteiger charge is -2.27. The molecular formula is C14H22N2O2. The second-order valence-corrected chi connectivity index (χ2v) is 4.68. The van der Waals surface area contributed by atoms with Crippen molar-refractivity contribution in [3.63, 3.8) is 0 Å². The maximum absolute atomic E-state index is 11.5. The molecule has 0 heterocycles. The molecule has 0 aliphatic heterocycles. The molecule has 1 rings (SSSR count). The Morgan fingerprint density at radius 1 is 1.44 bits per heavy atom. The summed E-state index contributed by atoms with van der Waals surface area (Å²) >= 11 is 0. The van der Waals surface area contributed by atoms with E-state index in [1.807, 2.05) is 38.1 Å². The first-order chi connectivity index (χ1) is 8.49. The van der Waals surface area contributed by atoms with Crippen LogP contribution in [0.15, 0.2) is 24.3 Å². The van der Waals surface area contributed by atoms with Crippen LogP contribution in [0.1, 0.15) is 25.8 Å². The number of primary amides is 1. The Hall–Kier alpha value is -1.55. The maximum Gasteiger partial charge on any atom is 0.240 e. The van der Waals surface area contributed by atoms with Crippen LogP contribution in [0.3, 0.4) is 0 Å². The van der Waals surface area contributed by atoms with Crippen LogP contribution in [0.2, 0.25) is 0 Å². The molecule has 1 aromatic carbocycles. The summed E-state index contributed by atoms with van der Waals surface area (Å²) < 4.78 is 5.70. The van der Waals surface area contributed by atoms with Gasteiger partial charge in [-0.1, -0.05) is 25.1 Å². The fourth-order valence-electron chi connectivity index (χ4n) is 1.55. The molecule has 0 aromatic heterocycles. The number of ether oxygens (including phenoxy) is 1. The standard InChI is InChI=1S/C14H22N2O2/c1-4-9-16-14(3,13(15)17)10-18-12-8-6-5-7-11(12)2/h5-8,16H,4,9-10H2,1-3H3,(H2,15,17). The normalized spacial score (nSPS) is 13.9. The zero-order chi connectivity index (χ0) is 13.6. The van der Waals surface area contributed by atoms with E-state index in [1.165, 1.54) is 0 Å². The monoisotopic (exact) mass is 250 g/mol. The fraction of sp³-hybridized carbons (Fsp3) is 0.500. The lowest BCUT2D eigenvalue weighted by molar-refractivity contribution is -0.125. The number of hydrogen-bond donors (Lipinski definition) is 2. The molecule has 0 aliphatic carbocycles. The average molecular weight is 250 g/mol. The topological polar surface area (TPSA) is 64.3 Å². The van der Waals surface area contributed by atoms with Crippen LogP contribution < -0.4 is 15.8 Å². The van der Waals surface area contributed by atoms with Gasteiger partial charge in [0.1, 0.15) is 17.9 Å². The van der Waals surface area contributed by atoms with E-state index in [-0.39, 0.29) is 6.61 Å². The Labute approximate surface area is 109 Å². The molecular weight excluding hydrogens is 228 g/mol. The molecule has 0 aliphatic rings. The van der Waals surface area contributed by atoms with Crippen molar-refractivity contribution in [3.8, 4) is 5.75 Å². The van der Waals surface area contributed by atoms with E-state index in [2.05, 4.69) is 5.32 Å². The summed E-state index contributed by atoms with van der Waals surface area (Å²) in [6.07, 6.45) is 0.938. The number of aryl methyl sites for hydroxylation is 1. The SMILES string of the molecule is CCCNC(C)(COc1ccccc1C)C(N)=O. The highest BCUT2D eigenvalue weighted by molar-refractivity contribution is 5.84. The van der Waals surface area contributed by atoms with Crippen molar-refractivity contribution in [1.29, 1.82) is 0 Å². The van der Waals surface area contributed by atoms with E-state index < -0.39 is 11.4 Å². The number of rotatable bonds is 7. The first kappa shape index (κ1) is 14.5. The van der Waals surface area contributed by atoms with Gasteiger partial charge in [0.25, 0.3) is 0 Å². The molecule has 0 spiro atoms. The number of nitrogens with two attached hydrogens (primary N) is 1. The molecule has 0 bridgehead atoms. The van der Waals surface area contributed by atoms with Crippen molar-refractivity contribution in [1.82, 2.24) is 5.32 Å². The molecule has 4 heteroatoms. The molecule has 0 fully saturated rings. The molecule has 3 N–H and O–H groups in total. The summed E-state index contributed by atoms with van der Waals surface area (Å²) in [6, 6.07) is 7.71. The minimum Gasteiger partial charge on any atom is -0.491 e. The minimum absolute atomic E-state index is 0.229. The van der Waals surface area contributed by atoms with Gasteiger partial charge in [-0.05, 0) is 38.4 Å². The Morgan fingerprint density at radius 3 is 2.67 bits per heavy atom. The van der Waals surface area contributed by atoms with E-state index in [0.29, 0.717) is 0 Å². The number of nitrogens with one attached hydrogen (secondary N) is 1. The maximum atomic E-state index is 11.5. The van der Waals surface area contributed by atoms with Crippen molar-refractivity contribution in [3.05, 3.63) is 29.8 Å². The van der Waals surface area contributed by atoms with Gasteiger partial charge in [-0.15, -0.1) is 0 Å². The Morgan fingerprint density at radius 2 is 2.11 bits per heavy atom. The molecule has 0 saturated carbocycles. The highest BCUT2D eigenvalue weighted by atomic mass is 16.5. The minimum atomic E-state index is -0.835. The second kappa shape index (κ2) is 6.40. The second-order valence-electron chi connectivity index (χ2n) is 4.68. The fourth-order valence-corrected chi connectivity index (χ4v) is 1.55. The van der Waals surface area contributed by atoms with Crippen LogP contribution in [-0.4, -0.2) is 24.6 Å². The number of para-hydroxylation sites is 1. The van der Waals surface area contributed by atoms with Gasteiger partial charge in [-0.2, -0.15) is 0 Å². The predicted octanol–water partition coefficient (Wildman–Crippen LogP) is 1.62. The number of benzene rings is 1. The quantitative estimate of drug-likeness (QED) is 0.773. The molecule has 1 unspecified atom stereocenters. The van der Waals surface area contributed by atoms with E-state index >= 15 is 0 Å². The molecule has 1 aromatic rings. The molecule has 18 heavy (non-hydrogen) atoms. The van der Waals surface area contributed by atoms with Gasteiger partial charge < -0.3 is 15.8 Å². The van der Waals surface area contributed by atoms with E-state index in [9.17, 15) is 4.79 Å². The number of carbonyl (C=O) groups excluding carboxylic acids is 1. The van der Waals surface area contributed by atoms with Crippen molar-refractivity contribution in [2.75, 3.05) is 13.2 Å². The van der Waals surface area contributed by atoms with Gasteiger partial charge in [0.15, 0.2) is 0 Å². The van der Waals surface area contributed by atoms with E-state index in [1.54, 1.807) is 6.92 Å². The lowest BCUT2D eigenvalue weighted by Crippen LogP contribution is -2.57. The Kier molecular flexibility index (Phi) is 5.16. The van der Waals surface area contributed by atoms with Crippen molar-refractivity contribution in [2.45, 2.75) is 32.7 Å². The average Bonchev–Trinajstić information content (AvgIpc) is 2.35. The summed E-state index contributed by atoms with van der Waals surface area (Å²) in [5, 5.41) is 3.14. The van der Waals surface area contributed by atoms with Crippen LogP contribution in [0.4, 0.5) is 0 Å². The van der Waals surface area contributed by atoms with Crippen molar-refractivity contribution < 1.29 is 9.53 Å². The molecule has 100 valence electrons. The van der Waals surface area contributed by atoms with Gasteiger partial charge in [0.05, 0.1) is 0 Å². The molecule has 0 radical (unpaired) electrons. The van der Waals surface area contributed by atoms with Crippen LogP contribution in [0, 0.1) is 6.92 Å². The summed E-state index contributed by atoms with van der Waals surface area (Å²) in [5.41, 5.74) is 5.64. The van der Waals surface area contributed by atoms with Crippen LogP contribution in [-0.2, 0) is 4.79 Å². The van der Waals surface area contributed by atoms with E-state index in [0.717, 1.165) is 24.3 Å². The van der Waals surface area contributed by atoms with Crippen LogP contribution >= 0.6 is 0 Å². The molecule has 1 amide bonds. The van der Waals surface area contributed by atoms with Crippen LogP contribution in [0.25, 0.3) is 0 Å². The zero-order valence-electron chi connectivity index (χ0n) is 11.3. The third-order valence-corrected chi connectivity index (χ3v) is 2.92. The van der Waals surface area contributed by atoms with Gasteiger partial charge in [0.2, 0.25) is 5.91 Å². The third kappa shape index (κ3) is 3.74. The van der Waals surface area contributed by atoms with E-state index in [4.69, 9.17) is 10.5 Å². The number of hydrogen-bond acceptors (Lipinski definition) is 3. The first-order valence-corrected chi connectivity index (χ1v) is 6.23. The number of amides is 1. The van der Waals surface area contributed by atoms with Crippen LogP contribution in [0.5, 0.6) is 5.75 Å². The largest absolute Gasteiger partial charge is 0.491 e. The number of carbonyl (C=O) groups is 1. The molecule has 1 atom stereocenters. The van der Waals surface area contributed by atoms with Gasteiger partial charge in [0, 0.05) is 0 Å². The Bertz CT molecular complexity index is 407. The highest BCUT2D eigenvalue weighted by Gasteiger charge is 2.31. The summed E-state index contributed by atoms with van der Waals surface area (Å²) in [4.78, 5) is 11.5. The summed E-state index contributed by atoms with van der Waals surface area (Å²) in [5.74, 6) is 0.382. The zero-order valence-corrected chi connectivity index (χ0v) is 11.3. The smallest absolute Gasteiger partial charge is 0.240 e. The summed E-state index contributed by atoms with van der Waals surface area (Å²) in [6.45, 7) is 6.74. The van der Waals surface area contributed by atoms with Gasteiger partial charge in [-0.25, -0.2) is 0 Å². The van der Waals surface area contributed by atoms with Crippen molar-refractivity contribution >= 4 is 5.91 Å². The summed E-state index contributed by atoms with van der Waals surface area (Å²) in [7, 11) is 0. The molecule has 4 nitrogen and oxygen atoms in total. The third-order valence-electron chi connectivity index (χ3n) is 2.92. The van der Waals surface area contributed by atoms with Gasteiger partial charge >= 0.3 is 0 Å². The lowest BCUT2D eigenvalue weighted by atomic mass is 10.0. The van der Waals surface area contributed by atoms with Gasteiger partial charge in [-0.3, -0.25) is 4.79 Å². The predicted molar refractivity (Wildman–Crippen MR) is 72.6 cm³/mol. The first-order valence-electron chi connectivity index (χ1n) is 6.23. The Balaban J connectivity index is 2.68. The molecule has 0 saturated heterocycles. The highest BCUT2D eigenvalue weighted by Crippen LogP contribution is 2.18. The van der Waals surface area contributed by atoms with Crippen molar-refractivity contribution in [2.24, 2.45) is 5.73 Å².